The summed E-state index contributed by atoms with van der Waals surface area (Å²) >= 11 is 5.94. The van der Waals surface area contributed by atoms with E-state index in [9.17, 15) is 9.59 Å². The molecule has 0 saturated carbocycles. The number of rotatable bonds is 4. The normalized spacial score (nSPS) is 19.5. The van der Waals surface area contributed by atoms with E-state index in [1.165, 1.54) is 0 Å². The van der Waals surface area contributed by atoms with Gasteiger partial charge >= 0.3 is 0 Å². The molecule has 8 heteroatoms. The molecule has 2 amide bonds. The average molecular weight is 451 g/mol. The molecule has 2 saturated heterocycles. The summed E-state index contributed by atoms with van der Waals surface area (Å²) in [6, 6.07) is 14.8. The summed E-state index contributed by atoms with van der Waals surface area (Å²) in [6.45, 7) is 1.62. The fourth-order valence-corrected chi connectivity index (χ4v) is 4.49. The lowest BCUT2D eigenvalue weighted by Gasteiger charge is -2.33. The highest BCUT2D eigenvalue weighted by Gasteiger charge is 2.38. The third-order valence-corrected chi connectivity index (χ3v) is 6.33. The van der Waals surface area contributed by atoms with Crippen LogP contribution >= 0.6 is 11.6 Å². The van der Waals surface area contributed by atoms with Crippen molar-refractivity contribution in [3.05, 3.63) is 59.8 Å². The summed E-state index contributed by atoms with van der Waals surface area (Å²) in [4.78, 5) is 38.0. The fraction of sp³-hybridized carbons (Fsp3) is 0.333. The number of anilines is 1. The molecule has 2 fully saturated rings. The minimum atomic E-state index is -0.318. The van der Waals surface area contributed by atoms with Gasteiger partial charge in [-0.3, -0.25) is 9.59 Å². The van der Waals surface area contributed by atoms with Gasteiger partial charge in [0.15, 0.2) is 0 Å². The van der Waals surface area contributed by atoms with Crippen LogP contribution < -0.4 is 9.64 Å². The second kappa shape index (κ2) is 8.74. The van der Waals surface area contributed by atoms with Gasteiger partial charge in [0.1, 0.15) is 6.10 Å². The van der Waals surface area contributed by atoms with Crippen molar-refractivity contribution in [2.24, 2.45) is 5.92 Å². The maximum Gasteiger partial charge on any atom is 0.233 e. The van der Waals surface area contributed by atoms with Gasteiger partial charge in [0.25, 0.3) is 0 Å². The number of carbonyl (C=O) groups is 2. The van der Waals surface area contributed by atoms with E-state index in [4.69, 9.17) is 16.3 Å². The first-order valence-electron chi connectivity index (χ1n) is 10.8. The highest BCUT2D eigenvalue weighted by molar-refractivity contribution is 6.30. The molecule has 0 radical (unpaired) electrons. The van der Waals surface area contributed by atoms with Crippen molar-refractivity contribution in [2.75, 3.05) is 24.5 Å². The zero-order valence-corrected chi connectivity index (χ0v) is 18.2. The molecule has 164 valence electrons. The summed E-state index contributed by atoms with van der Waals surface area (Å²) in [6.07, 6.45) is 3.33. The number of likely N-dealkylation sites (tertiary alicyclic amines) is 1. The number of benzene rings is 2. The number of nitrogens with zero attached hydrogens (tertiary/aromatic N) is 4. The predicted molar refractivity (Wildman–Crippen MR) is 122 cm³/mol. The number of ether oxygens (including phenoxy) is 1. The summed E-state index contributed by atoms with van der Waals surface area (Å²) in [5.41, 5.74) is 2.41. The molecule has 32 heavy (non-hydrogen) atoms. The number of piperidine rings is 1. The number of para-hydroxylation sites is 2. The minimum Gasteiger partial charge on any atom is -0.473 e. The van der Waals surface area contributed by atoms with E-state index >= 15 is 0 Å². The Bertz CT molecular complexity index is 1150. The van der Waals surface area contributed by atoms with Crippen molar-refractivity contribution < 1.29 is 14.3 Å². The summed E-state index contributed by atoms with van der Waals surface area (Å²) < 4.78 is 6.03. The smallest absolute Gasteiger partial charge is 0.233 e. The lowest BCUT2D eigenvalue weighted by Crippen LogP contribution is -2.45. The second-order valence-electron chi connectivity index (χ2n) is 8.22. The molecular weight excluding hydrogens is 428 g/mol. The quantitative estimate of drug-likeness (QED) is 0.605. The molecule has 2 aliphatic rings. The Kier molecular flexibility index (Phi) is 5.66. The molecule has 3 heterocycles. The van der Waals surface area contributed by atoms with Gasteiger partial charge in [0.05, 0.1) is 23.1 Å². The Morgan fingerprint density at radius 1 is 1.03 bits per heavy atom. The van der Waals surface area contributed by atoms with Crippen LogP contribution in [-0.2, 0) is 9.59 Å². The molecule has 7 nitrogen and oxygen atoms in total. The molecule has 2 aliphatic heterocycles. The summed E-state index contributed by atoms with van der Waals surface area (Å²) in [5.74, 6) is 0.202. The Hall–Kier alpha value is -3.19. The topological polar surface area (TPSA) is 75.6 Å². The monoisotopic (exact) mass is 450 g/mol. The van der Waals surface area contributed by atoms with Crippen LogP contribution in [-0.4, -0.2) is 52.4 Å². The van der Waals surface area contributed by atoms with Gasteiger partial charge < -0.3 is 14.5 Å². The number of fused-ring (bicyclic) bond motifs is 1. The molecule has 0 bridgehead atoms. The number of hydrogen-bond donors (Lipinski definition) is 0. The van der Waals surface area contributed by atoms with Crippen molar-refractivity contribution in [1.29, 1.82) is 0 Å². The van der Waals surface area contributed by atoms with E-state index in [0.717, 1.165) is 29.6 Å². The van der Waals surface area contributed by atoms with E-state index in [1.807, 2.05) is 41.3 Å². The van der Waals surface area contributed by atoms with Gasteiger partial charge in [-0.25, -0.2) is 9.97 Å². The van der Waals surface area contributed by atoms with Gasteiger partial charge in [0, 0.05) is 49.6 Å². The van der Waals surface area contributed by atoms with E-state index in [2.05, 4.69) is 9.97 Å². The summed E-state index contributed by atoms with van der Waals surface area (Å²) in [5, 5.41) is 0.618. The first kappa shape index (κ1) is 20.7. The maximum absolute atomic E-state index is 13.1. The molecule has 1 atom stereocenters. The highest BCUT2D eigenvalue weighted by atomic mass is 35.5. The molecule has 0 spiro atoms. The standard InChI is InChI=1S/C24H23ClN4O3/c25-17-5-7-18(8-6-17)29-15-16(13-23(29)30)24(31)28-11-9-19(10-12-28)32-22-14-26-20-3-1-2-4-21(20)27-22/h1-8,14,16,19H,9-13,15H2. The Morgan fingerprint density at radius 2 is 1.75 bits per heavy atom. The zero-order chi connectivity index (χ0) is 22.1. The molecule has 1 unspecified atom stereocenters. The summed E-state index contributed by atoms with van der Waals surface area (Å²) in [7, 11) is 0. The van der Waals surface area contributed by atoms with Crippen molar-refractivity contribution >= 4 is 40.1 Å². The largest absolute Gasteiger partial charge is 0.473 e. The first-order valence-corrected chi connectivity index (χ1v) is 11.2. The van der Waals surface area contributed by atoms with Crippen LogP contribution in [0.25, 0.3) is 11.0 Å². The maximum atomic E-state index is 13.1. The van der Waals surface area contributed by atoms with Crippen LogP contribution in [0.2, 0.25) is 5.02 Å². The zero-order valence-electron chi connectivity index (χ0n) is 17.5. The van der Waals surface area contributed by atoms with E-state index in [0.29, 0.717) is 30.5 Å². The van der Waals surface area contributed by atoms with Gasteiger partial charge in [0.2, 0.25) is 17.7 Å². The van der Waals surface area contributed by atoms with E-state index < -0.39 is 0 Å². The van der Waals surface area contributed by atoms with Crippen LogP contribution in [0.4, 0.5) is 5.69 Å². The number of hydrogen-bond acceptors (Lipinski definition) is 5. The number of halogens is 1. The lowest BCUT2D eigenvalue weighted by atomic mass is 10.0. The minimum absolute atomic E-state index is 0.00899. The second-order valence-corrected chi connectivity index (χ2v) is 8.66. The number of aromatic nitrogens is 2. The molecule has 0 N–H and O–H groups in total. The SMILES string of the molecule is O=C(C1CC(=O)N(c2ccc(Cl)cc2)C1)N1CCC(Oc2cnc3ccccc3n2)CC1. The third kappa shape index (κ3) is 4.25. The fourth-order valence-electron chi connectivity index (χ4n) is 4.36. The number of amides is 2. The Morgan fingerprint density at radius 3 is 2.50 bits per heavy atom. The van der Waals surface area contributed by atoms with Crippen molar-refractivity contribution in [3.8, 4) is 5.88 Å². The van der Waals surface area contributed by atoms with Gasteiger partial charge in [-0.05, 0) is 36.4 Å². The van der Waals surface area contributed by atoms with Crippen LogP contribution in [0.5, 0.6) is 5.88 Å². The average Bonchev–Trinajstić information content (AvgIpc) is 3.21. The Labute approximate surface area is 191 Å². The van der Waals surface area contributed by atoms with E-state index in [-0.39, 0.29) is 30.3 Å². The van der Waals surface area contributed by atoms with Gasteiger partial charge in [-0.1, -0.05) is 23.7 Å². The molecule has 1 aromatic heterocycles. The molecule has 3 aromatic rings. The molecule has 5 rings (SSSR count). The van der Waals surface area contributed by atoms with Crippen LogP contribution in [0.1, 0.15) is 19.3 Å². The van der Waals surface area contributed by atoms with Crippen molar-refractivity contribution in [3.63, 3.8) is 0 Å². The van der Waals surface area contributed by atoms with Crippen LogP contribution in [0.15, 0.2) is 54.7 Å². The molecule has 0 aliphatic carbocycles. The van der Waals surface area contributed by atoms with Crippen molar-refractivity contribution in [2.45, 2.75) is 25.4 Å². The van der Waals surface area contributed by atoms with Crippen LogP contribution in [0, 0.1) is 5.92 Å². The number of carbonyl (C=O) groups excluding carboxylic acids is 2. The lowest BCUT2D eigenvalue weighted by molar-refractivity contribution is -0.137. The third-order valence-electron chi connectivity index (χ3n) is 6.08. The van der Waals surface area contributed by atoms with E-state index in [1.54, 1.807) is 23.2 Å². The highest BCUT2D eigenvalue weighted by Crippen LogP contribution is 2.28. The Balaban J connectivity index is 1.16. The van der Waals surface area contributed by atoms with Crippen LogP contribution in [0.3, 0.4) is 0 Å². The van der Waals surface area contributed by atoms with Crippen molar-refractivity contribution in [1.82, 2.24) is 14.9 Å². The molecule has 2 aromatic carbocycles. The van der Waals surface area contributed by atoms with Gasteiger partial charge in [-0.2, -0.15) is 0 Å². The first-order chi connectivity index (χ1) is 15.6. The predicted octanol–water partition coefficient (Wildman–Crippen LogP) is 3.71. The molecular formula is C24H23ClN4O3. The van der Waals surface area contributed by atoms with Gasteiger partial charge in [-0.15, -0.1) is 0 Å².